The Morgan fingerprint density at radius 3 is 2.33 bits per heavy atom. The van der Waals surface area contributed by atoms with E-state index in [-0.39, 0.29) is 11.6 Å². The molecule has 0 aliphatic carbocycles. The number of Topliss-reactive ketones (excluding diaryl/α,β-unsaturated/α-hetero) is 2. The second-order valence-corrected chi connectivity index (χ2v) is 5.62. The van der Waals surface area contributed by atoms with E-state index in [0.29, 0.717) is 11.3 Å². The fourth-order valence-electron chi connectivity index (χ4n) is 1.88. The molecule has 2 aromatic rings. The SMILES string of the molecule is CC(=O)c1ccc2[nH]c(C(=O)C(C)(C)C)cc2c1. The van der Waals surface area contributed by atoms with Crippen molar-refractivity contribution in [2.45, 2.75) is 27.7 Å². The maximum Gasteiger partial charge on any atom is 0.184 e. The molecule has 1 heterocycles. The molecule has 0 amide bonds. The summed E-state index contributed by atoms with van der Waals surface area (Å²) in [5, 5.41) is 0.898. The van der Waals surface area contributed by atoms with Crippen LogP contribution in [0, 0.1) is 5.41 Å². The van der Waals surface area contributed by atoms with Gasteiger partial charge in [-0.05, 0) is 31.2 Å². The zero-order valence-electron chi connectivity index (χ0n) is 11.1. The fourth-order valence-corrected chi connectivity index (χ4v) is 1.88. The van der Waals surface area contributed by atoms with Crippen LogP contribution >= 0.6 is 0 Å². The first kappa shape index (κ1) is 12.6. The van der Waals surface area contributed by atoms with Crippen molar-refractivity contribution in [3.63, 3.8) is 0 Å². The number of hydrogen-bond donors (Lipinski definition) is 1. The van der Waals surface area contributed by atoms with E-state index in [1.54, 1.807) is 6.07 Å². The first-order valence-electron chi connectivity index (χ1n) is 5.97. The summed E-state index contributed by atoms with van der Waals surface area (Å²) in [5.74, 6) is 0.102. The van der Waals surface area contributed by atoms with Gasteiger partial charge in [0, 0.05) is 21.9 Å². The maximum absolute atomic E-state index is 12.2. The van der Waals surface area contributed by atoms with Crippen molar-refractivity contribution in [1.82, 2.24) is 4.98 Å². The van der Waals surface area contributed by atoms with Gasteiger partial charge in [0.1, 0.15) is 0 Å². The molecule has 94 valence electrons. The highest BCUT2D eigenvalue weighted by atomic mass is 16.1. The number of carbonyl (C=O) groups excluding carboxylic acids is 2. The molecule has 3 nitrogen and oxygen atoms in total. The number of carbonyl (C=O) groups is 2. The Morgan fingerprint density at radius 2 is 1.78 bits per heavy atom. The molecular weight excluding hydrogens is 226 g/mol. The van der Waals surface area contributed by atoms with Crippen molar-refractivity contribution in [3.8, 4) is 0 Å². The lowest BCUT2D eigenvalue weighted by atomic mass is 9.89. The van der Waals surface area contributed by atoms with Crippen LogP contribution < -0.4 is 0 Å². The molecule has 0 atom stereocenters. The monoisotopic (exact) mass is 243 g/mol. The normalized spacial score (nSPS) is 11.8. The van der Waals surface area contributed by atoms with E-state index in [1.165, 1.54) is 6.92 Å². The average molecular weight is 243 g/mol. The molecule has 18 heavy (non-hydrogen) atoms. The molecular formula is C15H17NO2. The van der Waals surface area contributed by atoms with Gasteiger partial charge in [0.05, 0.1) is 5.69 Å². The number of nitrogens with one attached hydrogen (secondary N) is 1. The van der Waals surface area contributed by atoms with Crippen molar-refractivity contribution in [2.75, 3.05) is 0 Å². The standard InChI is InChI=1S/C15H17NO2/c1-9(17)10-5-6-12-11(7-10)8-13(16-12)14(18)15(2,3)4/h5-8,16H,1-4H3. The minimum absolute atomic E-state index is 0.0294. The molecule has 1 aromatic heterocycles. The molecule has 0 saturated heterocycles. The number of rotatable bonds is 2. The number of hydrogen-bond acceptors (Lipinski definition) is 2. The number of aromatic amines is 1. The first-order valence-corrected chi connectivity index (χ1v) is 5.97. The summed E-state index contributed by atoms with van der Waals surface area (Å²) < 4.78 is 0. The Kier molecular flexibility index (Phi) is 2.85. The van der Waals surface area contributed by atoms with Gasteiger partial charge in [0.25, 0.3) is 0 Å². The lowest BCUT2D eigenvalue weighted by Crippen LogP contribution is -2.20. The largest absolute Gasteiger partial charge is 0.352 e. The van der Waals surface area contributed by atoms with Gasteiger partial charge in [-0.15, -0.1) is 0 Å². The van der Waals surface area contributed by atoms with Crippen molar-refractivity contribution < 1.29 is 9.59 Å². The fraction of sp³-hybridized carbons (Fsp3) is 0.333. The van der Waals surface area contributed by atoms with Crippen molar-refractivity contribution in [3.05, 3.63) is 35.5 Å². The molecule has 3 heteroatoms. The third kappa shape index (κ3) is 2.21. The Morgan fingerprint density at radius 1 is 1.11 bits per heavy atom. The summed E-state index contributed by atoms with van der Waals surface area (Å²) in [4.78, 5) is 26.6. The average Bonchev–Trinajstić information content (AvgIpc) is 2.68. The minimum Gasteiger partial charge on any atom is -0.352 e. The van der Waals surface area contributed by atoms with Crippen LogP contribution in [0.4, 0.5) is 0 Å². The molecule has 2 rings (SSSR count). The van der Waals surface area contributed by atoms with Crippen molar-refractivity contribution in [1.29, 1.82) is 0 Å². The van der Waals surface area contributed by atoms with Gasteiger partial charge in [-0.1, -0.05) is 20.8 Å². The Labute approximate surface area is 106 Å². The molecule has 0 radical (unpaired) electrons. The first-order chi connectivity index (χ1) is 8.29. The van der Waals surface area contributed by atoms with Gasteiger partial charge in [-0.3, -0.25) is 9.59 Å². The molecule has 0 aliphatic rings. The predicted molar refractivity (Wildman–Crippen MR) is 72.1 cm³/mol. The van der Waals surface area contributed by atoms with Gasteiger partial charge < -0.3 is 4.98 Å². The van der Waals surface area contributed by atoms with Crippen LogP contribution in [0.15, 0.2) is 24.3 Å². The van der Waals surface area contributed by atoms with Gasteiger partial charge in [0.15, 0.2) is 11.6 Å². The van der Waals surface area contributed by atoms with Crippen LogP contribution in [-0.2, 0) is 0 Å². The van der Waals surface area contributed by atoms with Crippen LogP contribution in [0.1, 0.15) is 48.5 Å². The van der Waals surface area contributed by atoms with Crippen molar-refractivity contribution >= 4 is 22.5 Å². The number of H-pyrrole nitrogens is 1. The van der Waals surface area contributed by atoms with Gasteiger partial charge in [0.2, 0.25) is 0 Å². The minimum atomic E-state index is -0.412. The Bertz CT molecular complexity index is 629. The van der Waals surface area contributed by atoms with Crippen LogP contribution in [0.25, 0.3) is 10.9 Å². The maximum atomic E-state index is 12.2. The van der Waals surface area contributed by atoms with Crippen LogP contribution in [0.2, 0.25) is 0 Å². The van der Waals surface area contributed by atoms with Crippen molar-refractivity contribution in [2.24, 2.45) is 5.41 Å². The number of benzene rings is 1. The topological polar surface area (TPSA) is 49.9 Å². The summed E-state index contributed by atoms with van der Waals surface area (Å²) in [5.41, 5.74) is 1.73. The van der Waals surface area contributed by atoms with E-state index >= 15 is 0 Å². The zero-order valence-corrected chi connectivity index (χ0v) is 11.1. The highest BCUT2D eigenvalue weighted by Crippen LogP contribution is 2.24. The molecule has 1 aromatic carbocycles. The molecule has 0 saturated carbocycles. The van der Waals surface area contributed by atoms with Gasteiger partial charge >= 0.3 is 0 Å². The summed E-state index contributed by atoms with van der Waals surface area (Å²) in [7, 11) is 0. The third-order valence-corrected chi connectivity index (χ3v) is 2.95. The van der Waals surface area contributed by atoms with E-state index < -0.39 is 5.41 Å². The predicted octanol–water partition coefficient (Wildman–Crippen LogP) is 3.60. The van der Waals surface area contributed by atoms with E-state index in [0.717, 1.165) is 10.9 Å². The van der Waals surface area contributed by atoms with Crippen LogP contribution in [0.5, 0.6) is 0 Å². The second kappa shape index (κ2) is 4.09. The molecule has 0 unspecified atom stereocenters. The van der Waals surface area contributed by atoms with Crippen LogP contribution in [-0.4, -0.2) is 16.6 Å². The third-order valence-electron chi connectivity index (χ3n) is 2.95. The highest BCUT2D eigenvalue weighted by Gasteiger charge is 2.24. The second-order valence-electron chi connectivity index (χ2n) is 5.62. The van der Waals surface area contributed by atoms with E-state index in [2.05, 4.69) is 4.98 Å². The summed E-state index contributed by atoms with van der Waals surface area (Å²) in [6.07, 6.45) is 0. The zero-order chi connectivity index (χ0) is 13.5. The van der Waals surface area contributed by atoms with E-state index in [4.69, 9.17) is 0 Å². The molecule has 0 fully saturated rings. The molecule has 0 spiro atoms. The number of aromatic nitrogens is 1. The quantitative estimate of drug-likeness (QED) is 0.819. The smallest absolute Gasteiger partial charge is 0.184 e. The summed E-state index contributed by atoms with van der Waals surface area (Å²) in [6, 6.07) is 7.24. The van der Waals surface area contributed by atoms with E-state index in [9.17, 15) is 9.59 Å². The van der Waals surface area contributed by atoms with Gasteiger partial charge in [-0.25, -0.2) is 0 Å². The summed E-state index contributed by atoms with van der Waals surface area (Å²) in [6.45, 7) is 7.21. The molecule has 1 N–H and O–H groups in total. The number of fused-ring (bicyclic) bond motifs is 1. The lowest BCUT2D eigenvalue weighted by molar-refractivity contribution is 0.0853. The van der Waals surface area contributed by atoms with Crippen LogP contribution in [0.3, 0.4) is 0 Å². The van der Waals surface area contributed by atoms with E-state index in [1.807, 2.05) is 39.0 Å². The highest BCUT2D eigenvalue weighted by molar-refractivity contribution is 6.04. The van der Waals surface area contributed by atoms with Gasteiger partial charge in [-0.2, -0.15) is 0 Å². The summed E-state index contributed by atoms with van der Waals surface area (Å²) >= 11 is 0. The number of ketones is 2. The molecule has 0 bridgehead atoms. The molecule has 0 aliphatic heterocycles. The Hall–Kier alpha value is -1.90. The Balaban J connectivity index is 2.51. The lowest BCUT2D eigenvalue weighted by Gasteiger charge is -2.14.